The third kappa shape index (κ3) is 3.09. The Morgan fingerprint density at radius 2 is 2.10 bits per heavy atom. The molecule has 0 atom stereocenters. The van der Waals surface area contributed by atoms with Gasteiger partial charge in [0, 0.05) is 6.54 Å². The lowest BCUT2D eigenvalue weighted by atomic mass is 9.83. The molecule has 1 aliphatic rings. The van der Waals surface area contributed by atoms with E-state index < -0.39 is 33.7 Å². The Bertz CT molecular complexity index is 545. The molecule has 0 aromatic heterocycles. The van der Waals surface area contributed by atoms with Gasteiger partial charge in [-0.05, 0) is 18.4 Å². The first-order valence-electron chi connectivity index (χ1n) is 6.40. The molecular formula is C13H14F2N2O3. The first-order valence-corrected chi connectivity index (χ1v) is 6.40. The molecule has 2 rings (SSSR count). The number of nitrogens with one attached hydrogen (secondary N) is 1. The first-order chi connectivity index (χ1) is 9.49. The van der Waals surface area contributed by atoms with Gasteiger partial charge in [-0.15, -0.1) is 0 Å². The van der Waals surface area contributed by atoms with Crippen LogP contribution in [-0.2, 0) is 0 Å². The van der Waals surface area contributed by atoms with Gasteiger partial charge >= 0.3 is 5.69 Å². The minimum atomic E-state index is -1.31. The van der Waals surface area contributed by atoms with Crippen molar-refractivity contribution in [2.24, 2.45) is 5.92 Å². The summed E-state index contributed by atoms with van der Waals surface area (Å²) < 4.78 is 26.9. The SMILES string of the molecule is O=C(NCCC1CCC1)c1cc(F)cc([N+](=O)[O-])c1F. The molecule has 0 unspecified atom stereocenters. The van der Waals surface area contributed by atoms with Crippen molar-refractivity contribution >= 4 is 11.6 Å². The predicted molar refractivity (Wildman–Crippen MR) is 67.3 cm³/mol. The Balaban J connectivity index is 2.06. The average Bonchev–Trinajstić information content (AvgIpc) is 2.34. The van der Waals surface area contributed by atoms with E-state index in [2.05, 4.69) is 5.32 Å². The molecule has 108 valence electrons. The number of hydrogen-bond acceptors (Lipinski definition) is 3. The first kappa shape index (κ1) is 14.4. The van der Waals surface area contributed by atoms with Gasteiger partial charge in [0.15, 0.2) is 0 Å². The highest BCUT2D eigenvalue weighted by Crippen LogP contribution is 2.28. The maximum Gasteiger partial charge on any atom is 0.308 e. The summed E-state index contributed by atoms with van der Waals surface area (Å²) in [7, 11) is 0. The molecule has 1 N–H and O–H groups in total. The Morgan fingerprint density at radius 1 is 1.40 bits per heavy atom. The zero-order chi connectivity index (χ0) is 14.7. The zero-order valence-corrected chi connectivity index (χ0v) is 10.7. The molecule has 0 spiro atoms. The molecule has 20 heavy (non-hydrogen) atoms. The molecular weight excluding hydrogens is 270 g/mol. The molecule has 1 saturated carbocycles. The van der Waals surface area contributed by atoms with Gasteiger partial charge < -0.3 is 5.32 Å². The van der Waals surface area contributed by atoms with Crippen molar-refractivity contribution < 1.29 is 18.5 Å². The lowest BCUT2D eigenvalue weighted by Gasteiger charge is -2.25. The number of nitro benzene ring substituents is 1. The molecule has 1 fully saturated rings. The topological polar surface area (TPSA) is 72.2 Å². The molecule has 1 aliphatic carbocycles. The third-order valence-corrected chi connectivity index (χ3v) is 3.52. The summed E-state index contributed by atoms with van der Waals surface area (Å²) >= 11 is 0. The molecule has 7 heteroatoms. The van der Waals surface area contributed by atoms with E-state index in [1.54, 1.807) is 0 Å². The highest BCUT2D eigenvalue weighted by molar-refractivity contribution is 5.95. The third-order valence-electron chi connectivity index (χ3n) is 3.52. The smallest absolute Gasteiger partial charge is 0.308 e. The van der Waals surface area contributed by atoms with Gasteiger partial charge in [-0.3, -0.25) is 14.9 Å². The number of carbonyl (C=O) groups excluding carboxylic acids is 1. The van der Waals surface area contributed by atoms with Crippen LogP contribution in [0.4, 0.5) is 14.5 Å². The van der Waals surface area contributed by atoms with Crippen LogP contribution >= 0.6 is 0 Å². The fraction of sp³-hybridized carbons (Fsp3) is 0.462. The normalized spacial score (nSPS) is 14.7. The number of amides is 1. The number of hydrogen-bond donors (Lipinski definition) is 1. The van der Waals surface area contributed by atoms with E-state index in [9.17, 15) is 23.7 Å². The van der Waals surface area contributed by atoms with Crippen LogP contribution in [0.2, 0.25) is 0 Å². The lowest BCUT2D eigenvalue weighted by molar-refractivity contribution is -0.387. The minimum absolute atomic E-state index is 0.354. The monoisotopic (exact) mass is 284 g/mol. The number of halogens is 2. The number of benzene rings is 1. The van der Waals surface area contributed by atoms with Gasteiger partial charge in [0.25, 0.3) is 5.91 Å². The number of nitro groups is 1. The molecule has 0 radical (unpaired) electrons. The summed E-state index contributed by atoms with van der Waals surface area (Å²) in [5.41, 5.74) is -1.67. The Labute approximate surface area is 114 Å². The van der Waals surface area contributed by atoms with E-state index in [0.29, 0.717) is 24.6 Å². The van der Waals surface area contributed by atoms with E-state index in [1.165, 1.54) is 6.42 Å². The zero-order valence-electron chi connectivity index (χ0n) is 10.7. The fourth-order valence-electron chi connectivity index (χ4n) is 2.14. The summed E-state index contributed by atoms with van der Waals surface area (Å²) in [5, 5.41) is 13.0. The van der Waals surface area contributed by atoms with Crippen LogP contribution in [0.5, 0.6) is 0 Å². The summed E-state index contributed by atoms with van der Waals surface area (Å²) in [6.45, 7) is 0.354. The largest absolute Gasteiger partial charge is 0.352 e. The number of nitrogens with zero attached hydrogens (tertiary/aromatic N) is 1. The van der Waals surface area contributed by atoms with Gasteiger partial charge in [0.1, 0.15) is 5.82 Å². The van der Waals surface area contributed by atoms with Crippen molar-refractivity contribution in [3.63, 3.8) is 0 Å². The average molecular weight is 284 g/mol. The molecule has 1 amide bonds. The minimum Gasteiger partial charge on any atom is -0.352 e. The summed E-state index contributed by atoms with van der Waals surface area (Å²) in [6.07, 6.45) is 4.21. The van der Waals surface area contributed by atoms with Crippen molar-refractivity contribution in [3.8, 4) is 0 Å². The van der Waals surface area contributed by atoms with Crippen LogP contribution in [0.25, 0.3) is 0 Å². The van der Waals surface area contributed by atoms with E-state index in [4.69, 9.17) is 0 Å². The molecule has 1 aromatic carbocycles. The van der Waals surface area contributed by atoms with E-state index in [-0.39, 0.29) is 0 Å². The number of rotatable bonds is 5. The summed E-state index contributed by atoms with van der Waals surface area (Å²) in [6, 6.07) is 1.13. The maximum absolute atomic E-state index is 13.7. The van der Waals surface area contributed by atoms with Crippen molar-refractivity contribution in [2.75, 3.05) is 6.54 Å². The molecule has 0 aliphatic heterocycles. The summed E-state index contributed by atoms with van der Waals surface area (Å²) in [5.74, 6) is -2.58. The second-order valence-electron chi connectivity index (χ2n) is 4.89. The van der Waals surface area contributed by atoms with Crippen LogP contribution in [0, 0.1) is 27.7 Å². The van der Waals surface area contributed by atoms with E-state index >= 15 is 0 Å². The highest BCUT2D eigenvalue weighted by Gasteiger charge is 2.24. The molecule has 1 aromatic rings. The van der Waals surface area contributed by atoms with Crippen molar-refractivity contribution in [1.29, 1.82) is 0 Å². The molecule has 0 saturated heterocycles. The highest BCUT2D eigenvalue weighted by atomic mass is 19.1. The lowest BCUT2D eigenvalue weighted by Crippen LogP contribution is -2.28. The van der Waals surface area contributed by atoms with Crippen LogP contribution < -0.4 is 5.32 Å². The standard InChI is InChI=1S/C13H14F2N2O3/c14-9-6-10(12(15)11(7-9)17(19)20)13(18)16-5-4-8-2-1-3-8/h6-8H,1-5H2,(H,16,18). The fourth-order valence-corrected chi connectivity index (χ4v) is 2.14. The van der Waals surface area contributed by atoms with Gasteiger partial charge in [-0.2, -0.15) is 4.39 Å². The second kappa shape index (κ2) is 5.94. The summed E-state index contributed by atoms with van der Waals surface area (Å²) in [4.78, 5) is 21.3. The van der Waals surface area contributed by atoms with Crippen LogP contribution in [-0.4, -0.2) is 17.4 Å². The van der Waals surface area contributed by atoms with Crippen LogP contribution in [0.15, 0.2) is 12.1 Å². The van der Waals surface area contributed by atoms with E-state index in [1.807, 2.05) is 0 Å². The Morgan fingerprint density at radius 3 is 2.65 bits per heavy atom. The Kier molecular flexibility index (Phi) is 4.26. The quantitative estimate of drug-likeness (QED) is 0.667. The van der Waals surface area contributed by atoms with Gasteiger partial charge in [0.05, 0.1) is 16.6 Å². The van der Waals surface area contributed by atoms with Crippen LogP contribution in [0.3, 0.4) is 0 Å². The molecule has 5 nitrogen and oxygen atoms in total. The van der Waals surface area contributed by atoms with Gasteiger partial charge in [-0.25, -0.2) is 4.39 Å². The predicted octanol–water partition coefficient (Wildman–Crippen LogP) is 2.79. The second-order valence-corrected chi connectivity index (χ2v) is 4.89. The van der Waals surface area contributed by atoms with Crippen molar-refractivity contribution in [3.05, 3.63) is 39.4 Å². The molecule has 0 heterocycles. The van der Waals surface area contributed by atoms with Gasteiger partial charge in [0.2, 0.25) is 5.82 Å². The number of carbonyl (C=O) groups is 1. The van der Waals surface area contributed by atoms with Crippen LogP contribution in [0.1, 0.15) is 36.0 Å². The van der Waals surface area contributed by atoms with Gasteiger partial charge in [-0.1, -0.05) is 19.3 Å². The maximum atomic E-state index is 13.7. The Hall–Kier alpha value is -2.05. The van der Waals surface area contributed by atoms with Crippen molar-refractivity contribution in [1.82, 2.24) is 5.32 Å². The molecule has 0 bridgehead atoms. The van der Waals surface area contributed by atoms with Crippen molar-refractivity contribution in [2.45, 2.75) is 25.7 Å². The van der Waals surface area contributed by atoms with E-state index in [0.717, 1.165) is 19.3 Å².